The maximum absolute atomic E-state index is 12.3. The lowest BCUT2D eigenvalue weighted by atomic mass is 10.0. The summed E-state index contributed by atoms with van der Waals surface area (Å²) in [4.78, 5) is 12.3. The Morgan fingerprint density at radius 1 is 1.37 bits per heavy atom. The molecule has 0 bridgehead atoms. The zero-order valence-electron chi connectivity index (χ0n) is 16.5. The maximum atomic E-state index is 12.3. The summed E-state index contributed by atoms with van der Waals surface area (Å²) in [5, 5.41) is 1.58. The molecule has 1 aliphatic rings. The summed E-state index contributed by atoms with van der Waals surface area (Å²) in [7, 11) is -1.57. The van der Waals surface area contributed by atoms with Gasteiger partial charge >= 0.3 is 0 Å². The number of hydrazine groups is 1. The van der Waals surface area contributed by atoms with Crippen LogP contribution in [0.25, 0.3) is 0 Å². The third-order valence-corrected chi connectivity index (χ3v) is 4.30. The molecule has 7 heteroatoms. The highest BCUT2D eigenvalue weighted by Gasteiger charge is 2.30. The van der Waals surface area contributed by atoms with Crippen LogP contribution in [0.3, 0.4) is 0 Å². The molecular weight excluding hydrogens is 362 g/mol. The van der Waals surface area contributed by atoms with Crippen molar-refractivity contribution in [2.24, 2.45) is 0 Å². The van der Waals surface area contributed by atoms with E-state index in [0.717, 1.165) is 28.5 Å². The first kappa shape index (κ1) is 22.5. The standard InChI is InChI=1S/C17H23N3O3S.C3H4/c1-12(2)16-14(11-20(18-3)17(16)21)9-8-13-6-5-7-15(10-13)19-24(4,22)23;1-3-2/h5-7,9-10,18-19H,8,11H2,1-4H3;1H,2H3/b14-9-;. The van der Waals surface area contributed by atoms with Crippen molar-refractivity contribution in [1.82, 2.24) is 10.4 Å². The lowest BCUT2D eigenvalue weighted by Crippen LogP contribution is -2.36. The van der Waals surface area contributed by atoms with Gasteiger partial charge in [-0.2, -0.15) is 0 Å². The van der Waals surface area contributed by atoms with Crippen LogP contribution in [0.1, 0.15) is 26.3 Å². The summed E-state index contributed by atoms with van der Waals surface area (Å²) < 4.78 is 25.1. The zero-order valence-corrected chi connectivity index (χ0v) is 17.3. The molecule has 0 aliphatic carbocycles. The van der Waals surface area contributed by atoms with Gasteiger partial charge in [0.1, 0.15) is 0 Å². The Hall–Kier alpha value is -2.56. The molecule has 1 aromatic carbocycles. The van der Waals surface area contributed by atoms with Crippen molar-refractivity contribution in [3.63, 3.8) is 0 Å². The molecule has 0 radical (unpaired) electrons. The molecule has 0 spiro atoms. The molecule has 1 amide bonds. The van der Waals surface area contributed by atoms with Crippen molar-refractivity contribution >= 4 is 21.6 Å². The fraction of sp³-hybridized carbons (Fsp3) is 0.350. The van der Waals surface area contributed by atoms with Crippen LogP contribution in [0, 0.1) is 12.3 Å². The zero-order chi connectivity index (χ0) is 20.6. The maximum Gasteiger partial charge on any atom is 0.268 e. The van der Waals surface area contributed by atoms with Crippen LogP contribution in [0.4, 0.5) is 5.69 Å². The summed E-state index contributed by atoms with van der Waals surface area (Å²) in [6.07, 6.45) is 8.37. The van der Waals surface area contributed by atoms with Crippen molar-refractivity contribution in [2.45, 2.75) is 27.2 Å². The van der Waals surface area contributed by atoms with E-state index in [2.05, 4.69) is 22.5 Å². The minimum atomic E-state index is -3.29. The van der Waals surface area contributed by atoms with Gasteiger partial charge in [-0.1, -0.05) is 23.8 Å². The molecule has 1 aromatic rings. The van der Waals surface area contributed by atoms with Crippen LogP contribution >= 0.6 is 0 Å². The largest absolute Gasteiger partial charge is 0.284 e. The summed E-state index contributed by atoms with van der Waals surface area (Å²) in [6.45, 7) is 6.03. The molecule has 0 unspecified atom stereocenters. The summed E-state index contributed by atoms with van der Waals surface area (Å²) in [5.41, 5.74) is 7.11. The molecule has 2 rings (SSSR count). The average Bonchev–Trinajstić information content (AvgIpc) is 2.88. The Labute approximate surface area is 162 Å². The van der Waals surface area contributed by atoms with Crippen LogP contribution in [-0.4, -0.2) is 39.2 Å². The van der Waals surface area contributed by atoms with E-state index >= 15 is 0 Å². The predicted octanol–water partition coefficient (Wildman–Crippen LogP) is 2.48. The van der Waals surface area contributed by atoms with Crippen LogP contribution in [0.2, 0.25) is 0 Å². The number of nitrogens with one attached hydrogen (secondary N) is 2. The van der Waals surface area contributed by atoms with Gasteiger partial charge in [0.05, 0.1) is 12.8 Å². The van der Waals surface area contributed by atoms with E-state index in [9.17, 15) is 13.2 Å². The van der Waals surface area contributed by atoms with Gasteiger partial charge in [-0.15, -0.1) is 12.3 Å². The highest BCUT2D eigenvalue weighted by molar-refractivity contribution is 7.92. The van der Waals surface area contributed by atoms with Crippen LogP contribution in [0.5, 0.6) is 0 Å². The normalized spacial score (nSPS) is 15.3. The second-order valence-corrected chi connectivity index (χ2v) is 8.04. The smallest absolute Gasteiger partial charge is 0.268 e. The topological polar surface area (TPSA) is 78.5 Å². The van der Waals surface area contributed by atoms with Crippen LogP contribution in [0.15, 0.2) is 47.1 Å². The molecule has 2 N–H and O–H groups in total. The molecule has 0 saturated carbocycles. The Morgan fingerprint density at radius 3 is 2.52 bits per heavy atom. The number of allylic oxidation sites excluding steroid dienone is 2. The van der Waals surface area contributed by atoms with Gasteiger partial charge in [0.2, 0.25) is 10.0 Å². The first-order valence-electron chi connectivity index (χ1n) is 8.43. The quantitative estimate of drug-likeness (QED) is 0.599. The lowest BCUT2D eigenvalue weighted by Gasteiger charge is -2.11. The number of rotatable bonds is 5. The number of carbonyl (C=O) groups excluding carboxylic acids is 1. The van der Waals surface area contributed by atoms with Gasteiger partial charge in [-0.25, -0.2) is 13.8 Å². The second kappa shape index (κ2) is 9.95. The number of nitrogens with zero attached hydrogens (tertiary/aromatic N) is 1. The molecule has 6 nitrogen and oxygen atoms in total. The molecule has 1 saturated heterocycles. The van der Waals surface area contributed by atoms with E-state index in [1.54, 1.807) is 31.1 Å². The molecule has 0 atom stereocenters. The summed E-state index contributed by atoms with van der Waals surface area (Å²) in [5.74, 6) is 2.23. The third kappa shape index (κ3) is 6.93. The predicted molar refractivity (Wildman–Crippen MR) is 110 cm³/mol. The van der Waals surface area contributed by atoms with Crippen molar-refractivity contribution in [3.05, 3.63) is 52.6 Å². The first-order valence-corrected chi connectivity index (χ1v) is 10.3. The SMILES string of the molecule is C#CC.CNN1C/C(=C/Cc2cccc(NS(C)(=O)=O)c2)C(=C(C)C)C1=O. The number of hydrogen-bond acceptors (Lipinski definition) is 4. The highest BCUT2D eigenvalue weighted by atomic mass is 32.2. The Bertz CT molecular complexity index is 889. The van der Waals surface area contributed by atoms with Crippen LogP contribution in [-0.2, 0) is 21.2 Å². The first-order chi connectivity index (χ1) is 12.6. The highest BCUT2D eigenvalue weighted by Crippen LogP contribution is 2.25. The number of amides is 1. The van der Waals surface area contributed by atoms with Crippen LogP contribution < -0.4 is 10.1 Å². The van der Waals surface area contributed by atoms with Crippen molar-refractivity contribution < 1.29 is 13.2 Å². The molecule has 27 heavy (non-hydrogen) atoms. The van der Waals surface area contributed by atoms with Gasteiger partial charge in [-0.05, 0) is 50.5 Å². The van der Waals surface area contributed by atoms with E-state index in [0.29, 0.717) is 18.7 Å². The molecule has 146 valence electrons. The fourth-order valence-corrected chi connectivity index (χ4v) is 3.25. The van der Waals surface area contributed by atoms with Gasteiger partial charge < -0.3 is 0 Å². The Balaban J connectivity index is 0.00000114. The van der Waals surface area contributed by atoms with Crippen molar-refractivity contribution in [2.75, 3.05) is 24.6 Å². The summed E-state index contributed by atoms with van der Waals surface area (Å²) in [6, 6.07) is 7.25. The lowest BCUT2D eigenvalue weighted by molar-refractivity contribution is -0.127. The fourth-order valence-electron chi connectivity index (χ4n) is 2.69. The summed E-state index contributed by atoms with van der Waals surface area (Å²) >= 11 is 0. The Morgan fingerprint density at radius 2 is 2.00 bits per heavy atom. The average molecular weight is 390 g/mol. The molecular formula is C20H27N3O3S. The monoisotopic (exact) mass is 389 g/mol. The van der Waals surface area contributed by atoms with Gasteiger partial charge in [0.25, 0.3) is 5.91 Å². The van der Waals surface area contributed by atoms with E-state index in [-0.39, 0.29) is 5.91 Å². The number of hydrogen-bond donors (Lipinski definition) is 2. The van der Waals surface area contributed by atoms with E-state index in [1.807, 2.05) is 32.1 Å². The van der Waals surface area contributed by atoms with Gasteiger partial charge in [0.15, 0.2) is 0 Å². The second-order valence-electron chi connectivity index (χ2n) is 6.29. The van der Waals surface area contributed by atoms with Crippen molar-refractivity contribution in [1.29, 1.82) is 0 Å². The molecule has 1 fully saturated rings. The third-order valence-electron chi connectivity index (χ3n) is 3.69. The number of benzene rings is 1. The van der Waals surface area contributed by atoms with Crippen molar-refractivity contribution in [3.8, 4) is 12.3 Å². The van der Waals surface area contributed by atoms with E-state index in [1.165, 1.54) is 0 Å². The number of anilines is 1. The van der Waals surface area contributed by atoms with Gasteiger partial charge in [0, 0.05) is 18.3 Å². The molecule has 0 aromatic heterocycles. The van der Waals surface area contributed by atoms with Gasteiger partial charge in [-0.3, -0.25) is 14.5 Å². The van der Waals surface area contributed by atoms with E-state index in [4.69, 9.17) is 0 Å². The molecule has 1 heterocycles. The number of carbonyl (C=O) groups is 1. The minimum absolute atomic E-state index is 0.0174. The number of sulfonamides is 1. The molecule has 1 aliphatic heterocycles. The Kier molecular flexibility index (Phi) is 8.29. The van der Waals surface area contributed by atoms with E-state index < -0.39 is 10.0 Å². The minimum Gasteiger partial charge on any atom is -0.284 e. The number of terminal acetylenes is 1.